The number of halogens is 2. The second-order valence-corrected chi connectivity index (χ2v) is 7.16. The topological polar surface area (TPSA) is 56.1 Å². The van der Waals surface area contributed by atoms with Gasteiger partial charge in [0.2, 0.25) is 0 Å². The molecule has 1 aromatic heterocycles. The molecule has 0 saturated carbocycles. The Morgan fingerprint density at radius 3 is 2.88 bits per heavy atom. The lowest BCUT2D eigenvalue weighted by Gasteiger charge is -2.19. The Bertz CT molecular complexity index is 405. The maximum Gasteiger partial charge on any atom is 0.407 e. The summed E-state index contributed by atoms with van der Waals surface area (Å²) >= 11 is 5.54. The number of nitrogens with one attached hydrogen (secondary N) is 1. The van der Waals surface area contributed by atoms with Crippen molar-refractivity contribution >= 4 is 50.4 Å². The molecule has 1 N–H and O–H groups in total. The number of hydrogen-bond acceptors (Lipinski definition) is 3. The van der Waals surface area contributed by atoms with Crippen molar-refractivity contribution in [3.63, 3.8) is 0 Å². The summed E-state index contributed by atoms with van der Waals surface area (Å²) in [5.74, 6) is 0. The molecule has 0 aromatic carbocycles. The summed E-state index contributed by atoms with van der Waals surface area (Å²) in [4.78, 5) is 11.5. The molecule has 1 unspecified atom stereocenters. The van der Waals surface area contributed by atoms with Gasteiger partial charge in [-0.1, -0.05) is 0 Å². The van der Waals surface area contributed by atoms with Gasteiger partial charge in [0.15, 0.2) is 0 Å². The number of carbonyl (C=O) groups is 1. The van der Waals surface area contributed by atoms with Gasteiger partial charge in [-0.25, -0.2) is 9.25 Å². The highest BCUT2D eigenvalue weighted by atomic mass is 127. The molecule has 0 aliphatic rings. The van der Waals surface area contributed by atoms with Crippen LogP contribution >= 0.6 is 44.3 Å². The molecule has 17 heavy (non-hydrogen) atoms. The number of carbonyl (C=O) groups excluding carboxylic acids is 1. The van der Waals surface area contributed by atoms with Crippen LogP contribution in [0.25, 0.3) is 0 Å². The number of aromatic nitrogens is 2. The summed E-state index contributed by atoms with van der Waals surface area (Å²) in [6.45, 7) is 5.91. The van der Waals surface area contributed by atoms with Crippen LogP contribution < -0.4 is 5.32 Å². The number of rotatable bonds is 3. The van der Waals surface area contributed by atoms with Crippen LogP contribution in [0.3, 0.4) is 0 Å². The maximum atomic E-state index is 11.5. The van der Waals surface area contributed by atoms with Gasteiger partial charge in [-0.05, 0) is 64.8 Å². The second-order valence-electron chi connectivity index (χ2n) is 4.31. The number of nitrogens with zero attached hydrogens (tertiary/aromatic N) is 2. The van der Waals surface area contributed by atoms with Gasteiger partial charge in [0, 0.05) is 0 Å². The molecular formula is C9H14BrIN3O2P. The van der Waals surface area contributed by atoms with Gasteiger partial charge in [-0.3, -0.25) is 0 Å². The fourth-order valence-electron chi connectivity index (χ4n) is 1.06. The molecule has 0 spiro atoms. The molecule has 0 aliphatic carbocycles. The van der Waals surface area contributed by atoms with E-state index < -0.39 is 11.7 Å². The Kier molecular flexibility index (Phi) is 5.66. The summed E-state index contributed by atoms with van der Waals surface area (Å²) in [7, 11) is 0. The van der Waals surface area contributed by atoms with Gasteiger partial charge in [0.1, 0.15) is 10.2 Å². The average molecular weight is 434 g/mol. The van der Waals surface area contributed by atoms with Crippen molar-refractivity contribution in [2.24, 2.45) is 0 Å². The van der Waals surface area contributed by atoms with Crippen molar-refractivity contribution < 1.29 is 9.53 Å². The Hall–Kier alpha value is 0.120. The summed E-state index contributed by atoms with van der Waals surface area (Å²) in [6.07, 6.45) is 0.0779. The lowest BCUT2D eigenvalue weighted by atomic mass is 10.2. The molecule has 1 heterocycles. The lowest BCUT2D eigenvalue weighted by molar-refractivity contribution is 0.0523. The minimum Gasteiger partial charge on any atom is -0.444 e. The number of ether oxygens (including phenoxy) is 1. The molecule has 0 bridgehead atoms. The average Bonchev–Trinajstić information content (AvgIpc) is 2.53. The summed E-state index contributed by atoms with van der Waals surface area (Å²) < 4.78 is 7.75. The molecule has 1 rings (SSSR count). The van der Waals surface area contributed by atoms with Gasteiger partial charge < -0.3 is 10.1 Å². The first-order valence-electron chi connectivity index (χ1n) is 4.90. The Morgan fingerprint density at radius 2 is 2.35 bits per heavy atom. The van der Waals surface area contributed by atoms with E-state index in [9.17, 15) is 4.79 Å². The van der Waals surface area contributed by atoms with Crippen molar-refractivity contribution in [2.75, 3.05) is 0 Å². The van der Waals surface area contributed by atoms with E-state index in [0.717, 1.165) is 10.3 Å². The van der Waals surface area contributed by atoms with Crippen LogP contribution in [-0.2, 0) is 11.3 Å². The van der Waals surface area contributed by atoms with E-state index in [1.807, 2.05) is 31.3 Å². The molecule has 0 radical (unpaired) electrons. The fraction of sp³-hybridized carbons (Fsp3) is 0.556. The monoisotopic (exact) mass is 433 g/mol. The first kappa shape index (κ1) is 15.2. The molecule has 96 valence electrons. The zero-order valence-electron chi connectivity index (χ0n) is 9.75. The van der Waals surface area contributed by atoms with Crippen molar-refractivity contribution in [3.8, 4) is 0 Å². The Labute approximate surface area is 123 Å². The molecule has 1 aromatic rings. The highest BCUT2D eigenvalue weighted by Crippen LogP contribution is 2.26. The van der Waals surface area contributed by atoms with Crippen LogP contribution in [0.2, 0.25) is 0 Å². The van der Waals surface area contributed by atoms with Gasteiger partial charge in [-0.2, -0.15) is 5.10 Å². The number of amides is 1. The molecule has 0 saturated heterocycles. The smallest absolute Gasteiger partial charge is 0.407 e. The number of hydrogen-bond donors (Lipinski definition) is 1. The molecule has 1 amide bonds. The highest BCUT2D eigenvalue weighted by molar-refractivity contribution is 14.2. The second kappa shape index (κ2) is 6.33. The fourth-order valence-corrected chi connectivity index (χ4v) is 3.28. The summed E-state index contributed by atoms with van der Waals surface area (Å²) in [5, 5.41) is 6.93. The standard InChI is InChI=1S/C9H14BrIN3O2P/c1-9(2,3)16-8(15)12-5-6-4-7(10)13-14(6)17-11/h4,17H,5H2,1-3H3,(H,12,15). The van der Waals surface area contributed by atoms with Gasteiger partial charge in [0.25, 0.3) is 0 Å². The Morgan fingerprint density at radius 1 is 1.71 bits per heavy atom. The predicted molar refractivity (Wildman–Crippen MR) is 80.7 cm³/mol. The van der Waals surface area contributed by atoms with Crippen molar-refractivity contribution in [3.05, 3.63) is 16.4 Å². The quantitative estimate of drug-likeness (QED) is 0.586. The van der Waals surface area contributed by atoms with Crippen molar-refractivity contribution in [2.45, 2.75) is 32.9 Å². The zero-order valence-corrected chi connectivity index (χ0v) is 14.5. The summed E-state index contributed by atoms with van der Waals surface area (Å²) in [6, 6.07) is 1.88. The molecular weight excluding hydrogens is 420 g/mol. The Balaban J connectivity index is 2.53. The third-order valence-electron chi connectivity index (χ3n) is 1.65. The van der Waals surface area contributed by atoms with Gasteiger partial charge >= 0.3 is 6.09 Å². The van der Waals surface area contributed by atoms with Crippen molar-refractivity contribution in [1.29, 1.82) is 0 Å². The summed E-state index contributed by atoms with van der Waals surface area (Å²) in [5.41, 5.74) is 0.464. The molecule has 0 aliphatic heterocycles. The first-order chi connectivity index (χ1) is 7.81. The zero-order chi connectivity index (χ0) is 13.1. The molecule has 1 atom stereocenters. The van der Waals surface area contributed by atoms with Crippen molar-refractivity contribution in [1.82, 2.24) is 14.9 Å². The lowest BCUT2D eigenvalue weighted by Crippen LogP contribution is -2.32. The van der Waals surface area contributed by atoms with Crippen LogP contribution in [0.1, 0.15) is 26.5 Å². The van der Waals surface area contributed by atoms with Crippen LogP contribution in [0.4, 0.5) is 4.79 Å². The maximum absolute atomic E-state index is 11.5. The highest BCUT2D eigenvalue weighted by Gasteiger charge is 2.16. The van der Waals surface area contributed by atoms with Gasteiger partial charge in [-0.15, -0.1) is 0 Å². The minimum absolute atomic E-state index is 0.406. The van der Waals surface area contributed by atoms with Gasteiger partial charge in [0.05, 0.1) is 18.6 Å². The molecule has 5 nitrogen and oxygen atoms in total. The third-order valence-corrected chi connectivity index (χ3v) is 3.95. The van der Waals surface area contributed by atoms with Crippen LogP contribution in [-0.4, -0.2) is 21.2 Å². The van der Waals surface area contributed by atoms with E-state index in [0.29, 0.717) is 12.9 Å². The molecule has 0 fully saturated rings. The minimum atomic E-state index is -0.476. The van der Waals surface area contributed by atoms with E-state index in [-0.39, 0.29) is 0 Å². The van der Waals surface area contributed by atoms with E-state index in [4.69, 9.17) is 4.74 Å². The third kappa shape index (κ3) is 5.52. The van der Waals surface area contributed by atoms with Crippen LogP contribution in [0.5, 0.6) is 0 Å². The van der Waals surface area contributed by atoms with E-state index >= 15 is 0 Å². The first-order valence-corrected chi connectivity index (χ1v) is 9.75. The van der Waals surface area contributed by atoms with Crippen LogP contribution in [0.15, 0.2) is 10.7 Å². The van der Waals surface area contributed by atoms with E-state index in [2.05, 4.69) is 48.4 Å². The van der Waals surface area contributed by atoms with Crippen LogP contribution in [0, 0.1) is 0 Å². The SMILES string of the molecule is CC(C)(C)OC(=O)NCc1cc(Br)nn1PI. The van der Waals surface area contributed by atoms with E-state index in [1.165, 1.54) is 0 Å². The van der Waals surface area contributed by atoms with E-state index in [1.54, 1.807) is 0 Å². The molecule has 8 heteroatoms. The predicted octanol–water partition coefficient (Wildman–Crippen LogP) is 3.46. The number of alkyl carbamates (subject to hydrolysis) is 1. The normalized spacial score (nSPS) is 12.1. The largest absolute Gasteiger partial charge is 0.444 e.